The van der Waals surface area contributed by atoms with Gasteiger partial charge in [0.05, 0.1) is 7.11 Å². The van der Waals surface area contributed by atoms with Crippen LogP contribution in [-0.4, -0.2) is 24.0 Å². The van der Waals surface area contributed by atoms with Crippen LogP contribution in [0.4, 0.5) is 5.69 Å². The number of amidine groups is 1. The molecule has 0 aliphatic heterocycles. The molecule has 0 aromatic heterocycles. The zero-order chi connectivity index (χ0) is 21.5. The van der Waals surface area contributed by atoms with Crippen LogP contribution in [0.1, 0.15) is 22.7 Å². The number of amides is 1. The van der Waals surface area contributed by atoms with Crippen LogP contribution in [0, 0.1) is 5.41 Å². The van der Waals surface area contributed by atoms with E-state index in [1.54, 1.807) is 36.4 Å². The molecule has 0 saturated carbocycles. The average Bonchev–Trinajstić information content (AvgIpc) is 2.77. The number of anilines is 1. The summed E-state index contributed by atoms with van der Waals surface area (Å²) in [6, 6.07) is 20.4. The standard InChI is InChI=1S/C23H24N4O3.ClH/c1-30-18-11-12-19(20(28)13-18)21(23(29)26-14-15-5-3-2-4-6-15)27-17-9-7-16(8-10-17)22(24)25;/h2-13,21,27-28H,14H2,1H3,(H3,24,25)(H,26,29);1H/t21-;/m1./s1. The summed E-state index contributed by atoms with van der Waals surface area (Å²) in [5.41, 5.74) is 8.11. The first-order valence-corrected chi connectivity index (χ1v) is 9.37. The number of halogens is 1. The van der Waals surface area contributed by atoms with Gasteiger partial charge in [0, 0.05) is 29.4 Å². The highest BCUT2D eigenvalue weighted by molar-refractivity contribution is 5.95. The third kappa shape index (κ3) is 6.13. The fourth-order valence-electron chi connectivity index (χ4n) is 2.98. The number of phenols is 1. The van der Waals surface area contributed by atoms with Crippen molar-refractivity contribution in [2.24, 2.45) is 5.73 Å². The number of carbonyl (C=O) groups excluding carboxylic acids is 1. The van der Waals surface area contributed by atoms with Crippen LogP contribution in [0.5, 0.6) is 11.5 Å². The number of hydrogen-bond donors (Lipinski definition) is 5. The molecule has 0 saturated heterocycles. The lowest BCUT2D eigenvalue weighted by Crippen LogP contribution is -2.33. The number of benzene rings is 3. The first kappa shape index (κ1) is 23.6. The van der Waals surface area contributed by atoms with Gasteiger partial charge in [-0.2, -0.15) is 0 Å². The van der Waals surface area contributed by atoms with E-state index in [-0.39, 0.29) is 29.9 Å². The second kappa shape index (κ2) is 10.9. The summed E-state index contributed by atoms with van der Waals surface area (Å²) in [5.74, 6) is 0.106. The van der Waals surface area contributed by atoms with E-state index in [2.05, 4.69) is 10.6 Å². The third-order valence-corrected chi connectivity index (χ3v) is 4.63. The Morgan fingerprint density at radius 3 is 2.35 bits per heavy atom. The molecule has 31 heavy (non-hydrogen) atoms. The van der Waals surface area contributed by atoms with Crippen LogP contribution in [-0.2, 0) is 11.3 Å². The van der Waals surface area contributed by atoms with E-state index in [1.807, 2.05) is 30.3 Å². The Labute approximate surface area is 187 Å². The molecule has 1 atom stereocenters. The van der Waals surface area contributed by atoms with Crippen LogP contribution in [0.15, 0.2) is 72.8 Å². The molecule has 0 heterocycles. The first-order valence-electron chi connectivity index (χ1n) is 9.37. The predicted octanol–water partition coefficient (Wildman–Crippen LogP) is 3.58. The summed E-state index contributed by atoms with van der Waals surface area (Å²) >= 11 is 0. The molecule has 0 spiro atoms. The SMILES string of the molecule is COc1ccc([C@@H](Nc2ccc(C(=N)N)cc2)C(=O)NCc2ccccc2)c(O)c1.Cl. The molecule has 162 valence electrons. The molecule has 0 unspecified atom stereocenters. The van der Waals surface area contributed by atoms with Gasteiger partial charge < -0.3 is 26.2 Å². The second-order valence-corrected chi connectivity index (χ2v) is 6.70. The van der Waals surface area contributed by atoms with Gasteiger partial charge in [-0.15, -0.1) is 12.4 Å². The molecule has 0 aliphatic rings. The van der Waals surface area contributed by atoms with E-state index < -0.39 is 6.04 Å². The lowest BCUT2D eigenvalue weighted by atomic mass is 10.0. The number of carbonyl (C=O) groups is 1. The Balaban J connectivity index is 0.00000341. The van der Waals surface area contributed by atoms with Crippen molar-refractivity contribution in [1.82, 2.24) is 5.32 Å². The Morgan fingerprint density at radius 2 is 1.77 bits per heavy atom. The number of nitrogens with two attached hydrogens (primary N) is 1. The second-order valence-electron chi connectivity index (χ2n) is 6.70. The van der Waals surface area contributed by atoms with Crippen LogP contribution in [0.25, 0.3) is 0 Å². The number of aromatic hydroxyl groups is 1. The molecule has 3 aromatic rings. The average molecular weight is 441 g/mol. The molecule has 3 rings (SSSR count). The highest BCUT2D eigenvalue weighted by atomic mass is 35.5. The maximum Gasteiger partial charge on any atom is 0.247 e. The first-order chi connectivity index (χ1) is 14.5. The van der Waals surface area contributed by atoms with E-state index in [0.717, 1.165) is 5.56 Å². The summed E-state index contributed by atoms with van der Waals surface area (Å²) in [4.78, 5) is 13.0. The molecule has 8 heteroatoms. The number of rotatable bonds is 8. The fourth-order valence-corrected chi connectivity index (χ4v) is 2.98. The molecule has 0 radical (unpaired) electrons. The minimum atomic E-state index is -0.845. The van der Waals surface area contributed by atoms with Crippen LogP contribution in [0.3, 0.4) is 0 Å². The van der Waals surface area contributed by atoms with Crippen LogP contribution < -0.4 is 21.1 Å². The molecule has 1 amide bonds. The molecule has 7 nitrogen and oxygen atoms in total. The molecule has 0 fully saturated rings. The van der Waals surface area contributed by atoms with Gasteiger partial charge in [0.1, 0.15) is 23.4 Å². The van der Waals surface area contributed by atoms with Crippen molar-refractivity contribution < 1.29 is 14.6 Å². The van der Waals surface area contributed by atoms with Gasteiger partial charge in [0.25, 0.3) is 0 Å². The number of methoxy groups -OCH3 is 1. The third-order valence-electron chi connectivity index (χ3n) is 4.63. The van der Waals surface area contributed by atoms with Crippen molar-refractivity contribution in [1.29, 1.82) is 5.41 Å². The molecule has 3 aromatic carbocycles. The topological polar surface area (TPSA) is 120 Å². The molecule has 0 bridgehead atoms. The van der Waals surface area contributed by atoms with E-state index in [0.29, 0.717) is 29.1 Å². The van der Waals surface area contributed by atoms with Gasteiger partial charge in [-0.1, -0.05) is 30.3 Å². The molecule has 0 aliphatic carbocycles. The van der Waals surface area contributed by atoms with Gasteiger partial charge >= 0.3 is 0 Å². The van der Waals surface area contributed by atoms with Gasteiger partial charge in [0.15, 0.2) is 0 Å². The lowest BCUT2D eigenvalue weighted by molar-refractivity contribution is -0.122. The Bertz CT molecular complexity index is 1030. The van der Waals surface area contributed by atoms with Gasteiger partial charge in [-0.3, -0.25) is 10.2 Å². The van der Waals surface area contributed by atoms with E-state index >= 15 is 0 Å². The van der Waals surface area contributed by atoms with Crippen molar-refractivity contribution in [2.75, 3.05) is 12.4 Å². The van der Waals surface area contributed by atoms with E-state index in [9.17, 15) is 9.90 Å². The van der Waals surface area contributed by atoms with Gasteiger partial charge in [-0.05, 0) is 42.0 Å². The Kier molecular flexibility index (Phi) is 8.28. The zero-order valence-electron chi connectivity index (χ0n) is 17.0. The minimum Gasteiger partial charge on any atom is -0.507 e. The van der Waals surface area contributed by atoms with Crippen LogP contribution >= 0.6 is 12.4 Å². The smallest absolute Gasteiger partial charge is 0.247 e. The summed E-state index contributed by atoms with van der Waals surface area (Å²) in [5, 5.41) is 24.0. The van der Waals surface area contributed by atoms with E-state index in [4.69, 9.17) is 15.9 Å². The summed E-state index contributed by atoms with van der Waals surface area (Å²) in [6.45, 7) is 0.359. The fraction of sp³-hybridized carbons (Fsp3) is 0.130. The van der Waals surface area contributed by atoms with Crippen LogP contribution in [0.2, 0.25) is 0 Å². The quantitative estimate of drug-likeness (QED) is 0.271. The summed E-state index contributed by atoms with van der Waals surface area (Å²) in [7, 11) is 1.51. The Hall–Kier alpha value is -3.71. The van der Waals surface area contributed by atoms with E-state index in [1.165, 1.54) is 13.2 Å². The summed E-state index contributed by atoms with van der Waals surface area (Å²) < 4.78 is 5.14. The maximum absolute atomic E-state index is 13.0. The van der Waals surface area contributed by atoms with Crippen molar-refractivity contribution in [3.8, 4) is 11.5 Å². The Morgan fingerprint density at radius 1 is 1.10 bits per heavy atom. The van der Waals surface area contributed by atoms with Crippen molar-refractivity contribution in [2.45, 2.75) is 12.6 Å². The molecule has 6 N–H and O–H groups in total. The monoisotopic (exact) mass is 440 g/mol. The summed E-state index contributed by atoms with van der Waals surface area (Å²) in [6.07, 6.45) is 0. The van der Waals surface area contributed by atoms with Crippen molar-refractivity contribution >= 4 is 29.8 Å². The molecular formula is C23H25ClN4O3. The minimum absolute atomic E-state index is 0. The number of hydrogen-bond acceptors (Lipinski definition) is 5. The van der Waals surface area contributed by atoms with Crippen molar-refractivity contribution in [3.63, 3.8) is 0 Å². The highest BCUT2D eigenvalue weighted by Crippen LogP contribution is 2.31. The number of nitrogen functional groups attached to an aromatic ring is 1. The van der Waals surface area contributed by atoms with Gasteiger partial charge in [0.2, 0.25) is 5.91 Å². The molecular weight excluding hydrogens is 416 g/mol. The number of phenolic OH excluding ortho intramolecular Hbond substituents is 1. The zero-order valence-corrected chi connectivity index (χ0v) is 17.8. The lowest BCUT2D eigenvalue weighted by Gasteiger charge is -2.21. The highest BCUT2D eigenvalue weighted by Gasteiger charge is 2.24. The predicted molar refractivity (Wildman–Crippen MR) is 124 cm³/mol. The normalized spacial score (nSPS) is 11.0. The number of nitrogens with one attached hydrogen (secondary N) is 3. The largest absolute Gasteiger partial charge is 0.507 e. The maximum atomic E-state index is 13.0. The number of ether oxygens (including phenoxy) is 1. The van der Waals surface area contributed by atoms with Gasteiger partial charge in [-0.25, -0.2) is 0 Å². The van der Waals surface area contributed by atoms with Crippen molar-refractivity contribution in [3.05, 3.63) is 89.5 Å².